The zero-order valence-electron chi connectivity index (χ0n) is 7.61. The Balaban J connectivity index is 2.59. The fourth-order valence-corrected chi connectivity index (χ4v) is 1.71. The SMILES string of the molecule is CC1(C)OB(O)c2cc(O)ccc21. The number of benzene rings is 1. The van der Waals surface area contributed by atoms with Gasteiger partial charge in [0.25, 0.3) is 0 Å². The number of aromatic hydroxyl groups is 1. The summed E-state index contributed by atoms with van der Waals surface area (Å²) in [6, 6.07) is 4.91. The predicted octanol–water partition coefficient (Wildman–Crippen LogP) is 0.345. The lowest BCUT2D eigenvalue weighted by atomic mass is 9.78. The zero-order chi connectivity index (χ0) is 9.64. The molecule has 13 heavy (non-hydrogen) atoms. The van der Waals surface area contributed by atoms with E-state index in [1.165, 1.54) is 6.07 Å². The largest absolute Gasteiger partial charge is 0.508 e. The second-order valence-electron chi connectivity index (χ2n) is 3.75. The fraction of sp³-hybridized carbons (Fsp3) is 0.333. The van der Waals surface area contributed by atoms with Crippen LogP contribution in [0.1, 0.15) is 19.4 Å². The molecule has 1 heterocycles. The van der Waals surface area contributed by atoms with Crippen molar-refractivity contribution >= 4 is 12.6 Å². The lowest BCUT2D eigenvalue weighted by Crippen LogP contribution is -2.28. The number of hydrogen-bond acceptors (Lipinski definition) is 3. The first-order valence-electron chi connectivity index (χ1n) is 4.20. The van der Waals surface area contributed by atoms with E-state index in [0.29, 0.717) is 5.46 Å². The van der Waals surface area contributed by atoms with Gasteiger partial charge in [0.1, 0.15) is 5.75 Å². The molecule has 0 amide bonds. The molecule has 0 spiro atoms. The molecule has 68 valence electrons. The van der Waals surface area contributed by atoms with Crippen molar-refractivity contribution < 1.29 is 14.8 Å². The highest BCUT2D eigenvalue weighted by Gasteiger charge is 2.40. The van der Waals surface area contributed by atoms with Crippen LogP contribution in [0.25, 0.3) is 0 Å². The third-order valence-electron chi connectivity index (χ3n) is 2.36. The van der Waals surface area contributed by atoms with Gasteiger partial charge in [0.15, 0.2) is 0 Å². The second kappa shape index (κ2) is 2.50. The van der Waals surface area contributed by atoms with Gasteiger partial charge in [-0.25, -0.2) is 0 Å². The molecule has 0 atom stereocenters. The molecule has 0 aromatic heterocycles. The molecule has 0 aliphatic carbocycles. The van der Waals surface area contributed by atoms with E-state index in [4.69, 9.17) is 4.65 Å². The molecule has 3 nitrogen and oxygen atoms in total. The van der Waals surface area contributed by atoms with Crippen LogP contribution < -0.4 is 5.46 Å². The van der Waals surface area contributed by atoms with E-state index in [-0.39, 0.29) is 5.75 Å². The monoisotopic (exact) mass is 178 g/mol. The van der Waals surface area contributed by atoms with Crippen LogP contribution in [0.15, 0.2) is 18.2 Å². The molecule has 1 aliphatic rings. The minimum atomic E-state index is -0.919. The van der Waals surface area contributed by atoms with Crippen molar-refractivity contribution in [2.45, 2.75) is 19.4 Å². The molecule has 1 aromatic carbocycles. The van der Waals surface area contributed by atoms with Crippen LogP contribution >= 0.6 is 0 Å². The van der Waals surface area contributed by atoms with Gasteiger partial charge in [-0.15, -0.1) is 0 Å². The number of hydrogen-bond donors (Lipinski definition) is 2. The van der Waals surface area contributed by atoms with Gasteiger partial charge in [0.05, 0.1) is 5.60 Å². The van der Waals surface area contributed by atoms with Crippen LogP contribution in [0.4, 0.5) is 0 Å². The van der Waals surface area contributed by atoms with E-state index in [9.17, 15) is 10.1 Å². The Hall–Kier alpha value is -0.995. The molecule has 0 bridgehead atoms. The first kappa shape index (κ1) is 8.60. The normalized spacial score (nSPS) is 18.8. The summed E-state index contributed by atoms with van der Waals surface area (Å²) < 4.78 is 5.32. The second-order valence-corrected chi connectivity index (χ2v) is 3.75. The van der Waals surface area contributed by atoms with Gasteiger partial charge in [0.2, 0.25) is 0 Å². The van der Waals surface area contributed by atoms with Crippen LogP contribution in [-0.2, 0) is 10.3 Å². The average Bonchev–Trinajstić information content (AvgIpc) is 2.22. The standard InChI is InChI=1S/C9H11BO3/c1-9(2)7-4-3-6(11)5-8(7)10(12)13-9/h3-5,11-12H,1-2H3. The molecular formula is C9H11BO3. The van der Waals surface area contributed by atoms with Crippen LogP contribution in [0.2, 0.25) is 0 Å². The van der Waals surface area contributed by atoms with E-state index in [1.807, 2.05) is 13.8 Å². The van der Waals surface area contributed by atoms with Crippen LogP contribution in [0, 0.1) is 0 Å². The van der Waals surface area contributed by atoms with Gasteiger partial charge in [-0.1, -0.05) is 6.07 Å². The molecule has 0 unspecified atom stereocenters. The Kier molecular flexibility index (Phi) is 1.65. The third-order valence-corrected chi connectivity index (χ3v) is 2.36. The highest BCUT2D eigenvalue weighted by atomic mass is 16.5. The minimum absolute atomic E-state index is 0.152. The number of rotatable bonds is 0. The van der Waals surface area contributed by atoms with E-state index >= 15 is 0 Å². The topological polar surface area (TPSA) is 49.7 Å². The van der Waals surface area contributed by atoms with Crippen LogP contribution in [-0.4, -0.2) is 17.2 Å². The van der Waals surface area contributed by atoms with E-state index in [0.717, 1.165) is 5.56 Å². The Morgan fingerprint density at radius 1 is 1.38 bits per heavy atom. The lowest BCUT2D eigenvalue weighted by molar-refractivity contribution is 0.101. The molecule has 0 saturated heterocycles. The predicted molar refractivity (Wildman–Crippen MR) is 49.8 cm³/mol. The lowest BCUT2D eigenvalue weighted by Gasteiger charge is -2.19. The van der Waals surface area contributed by atoms with Crippen molar-refractivity contribution in [2.75, 3.05) is 0 Å². The van der Waals surface area contributed by atoms with Gasteiger partial charge in [-0.05, 0) is 37.0 Å². The molecule has 2 rings (SSSR count). The summed E-state index contributed by atoms with van der Waals surface area (Å²) in [6.45, 7) is 3.78. The molecule has 0 fully saturated rings. The van der Waals surface area contributed by atoms with Gasteiger partial charge < -0.3 is 14.8 Å². The molecule has 0 radical (unpaired) electrons. The van der Waals surface area contributed by atoms with E-state index in [1.54, 1.807) is 12.1 Å². The molecule has 0 saturated carbocycles. The maximum absolute atomic E-state index is 9.51. The van der Waals surface area contributed by atoms with Crippen LogP contribution in [0.3, 0.4) is 0 Å². The zero-order valence-corrected chi connectivity index (χ0v) is 7.61. The molecule has 4 heteroatoms. The number of fused-ring (bicyclic) bond motifs is 1. The molecule has 2 N–H and O–H groups in total. The fourth-order valence-electron chi connectivity index (χ4n) is 1.71. The maximum atomic E-state index is 9.51. The third kappa shape index (κ3) is 1.22. The van der Waals surface area contributed by atoms with Crippen molar-refractivity contribution in [2.24, 2.45) is 0 Å². The molecule has 1 aliphatic heterocycles. The summed E-state index contributed by atoms with van der Waals surface area (Å²) in [5, 5.41) is 18.7. The molecular weight excluding hydrogens is 167 g/mol. The van der Waals surface area contributed by atoms with E-state index < -0.39 is 12.7 Å². The van der Waals surface area contributed by atoms with Crippen LogP contribution in [0.5, 0.6) is 5.75 Å². The average molecular weight is 178 g/mol. The minimum Gasteiger partial charge on any atom is -0.508 e. The summed E-state index contributed by atoms with van der Waals surface area (Å²) >= 11 is 0. The van der Waals surface area contributed by atoms with Gasteiger partial charge in [-0.2, -0.15) is 0 Å². The van der Waals surface area contributed by atoms with Gasteiger partial charge in [-0.3, -0.25) is 0 Å². The van der Waals surface area contributed by atoms with Crippen molar-refractivity contribution in [1.82, 2.24) is 0 Å². The molecule has 1 aromatic rings. The number of phenols is 1. The van der Waals surface area contributed by atoms with Gasteiger partial charge >= 0.3 is 7.12 Å². The summed E-state index contributed by atoms with van der Waals surface area (Å²) in [4.78, 5) is 0. The smallest absolute Gasteiger partial charge is 0.492 e. The Morgan fingerprint density at radius 2 is 2.08 bits per heavy atom. The van der Waals surface area contributed by atoms with Crippen molar-refractivity contribution in [3.05, 3.63) is 23.8 Å². The van der Waals surface area contributed by atoms with Crippen molar-refractivity contribution in [1.29, 1.82) is 0 Å². The highest BCUT2D eigenvalue weighted by Crippen LogP contribution is 2.30. The highest BCUT2D eigenvalue weighted by molar-refractivity contribution is 6.62. The first-order chi connectivity index (χ1) is 6.00. The summed E-state index contributed by atoms with van der Waals surface area (Å²) in [6.07, 6.45) is 0. The van der Waals surface area contributed by atoms with E-state index in [2.05, 4.69) is 0 Å². The summed E-state index contributed by atoms with van der Waals surface area (Å²) in [7, 11) is -0.919. The Morgan fingerprint density at radius 3 is 2.77 bits per heavy atom. The first-order valence-corrected chi connectivity index (χ1v) is 4.20. The Bertz CT molecular complexity index is 349. The van der Waals surface area contributed by atoms with Crippen molar-refractivity contribution in [3.8, 4) is 5.75 Å². The number of phenolic OH excluding ortho intramolecular Hbond substituents is 1. The quantitative estimate of drug-likeness (QED) is 0.563. The summed E-state index contributed by atoms with van der Waals surface area (Å²) in [5.74, 6) is 0.152. The van der Waals surface area contributed by atoms with Crippen molar-refractivity contribution in [3.63, 3.8) is 0 Å². The maximum Gasteiger partial charge on any atom is 0.492 e. The summed E-state index contributed by atoms with van der Waals surface area (Å²) in [5.41, 5.74) is 1.12. The van der Waals surface area contributed by atoms with Gasteiger partial charge in [0, 0.05) is 0 Å². The Labute approximate surface area is 77.1 Å².